The zero-order chi connectivity index (χ0) is 10.4. The maximum Gasteiger partial charge on any atom is 0.141 e. The highest BCUT2D eigenvalue weighted by Crippen LogP contribution is 2.15. The van der Waals surface area contributed by atoms with E-state index in [1.54, 1.807) is 0 Å². The molecule has 1 aromatic heterocycles. The van der Waals surface area contributed by atoms with E-state index in [4.69, 9.17) is 16.3 Å². The number of hydrogen-bond acceptors (Lipinski definition) is 2. The lowest BCUT2D eigenvalue weighted by atomic mass is 10.4. The molecule has 0 radical (unpaired) electrons. The summed E-state index contributed by atoms with van der Waals surface area (Å²) in [4.78, 5) is 0. The number of rotatable bonds is 6. The number of nitrogens with zero attached hydrogens (tertiary/aromatic N) is 2. The Balaban J connectivity index is 2.18. The van der Waals surface area contributed by atoms with Gasteiger partial charge in [0.2, 0.25) is 0 Å². The molecule has 1 aromatic rings. The zero-order valence-electron chi connectivity index (χ0n) is 8.17. The van der Waals surface area contributed by atoms with Gasteiger partial charge in [0.25, 0.3) is 0 Å². The van der Waals surface area contributed by atoms with Gasteiger partial charge in [-0.05, 0) is 29.0 Å². The van der Waals surface area contributed by atoms with Gasteiger partial charge in [0.15, 0.2) is 0 Å². The summed E-state index contributed by atoms with van der Waals surface area (Å²) in [6.07, 6.45) is 4.12. The molecule has 0 spiro atoms. The molecule has 0 fully saturated rings. The second-order valence-electron chi connectivity index (χ2n) is 3.00. The molecule has 0 saturated heterocycles. The van der Waals surface area contributed by atoms with Crippen molar-refractivity contribution < 1.29 is 4.74 Å². The molecule has 0 atom stereocenters. The Bertz CT molecular complexity index is 258. The van der Waals surface area contributed by atoms with Crippen LogP contribution in [0.1, 0.15) is 19.8 Å². The molecule has 0 N–H and O–H groups in total. The SMILES string of the molecule is CCCCOCCn1cc(Cl)c(I)n1. The predicted molar refractivity (Wildman–Crippen MR) is 65.7 cm³/mol. The van der Waals surface area contributed by atoms with Gasteiger partial charge in [0, 0.05) is 12.8 Å². The second-order valence-corrected chi connectivity index (χ2v) is 4.43. The topological polar surface area (TPSA) is 27.1 Å². The molecule has 3 nitrogen and oxygen atoms in total. The molecule has 1 heterocycles. The largest absolute Gasteiger partial charge is 0.380 e. The Hall–Kier alpha value is 0.190. The highest BCUT2D eigenvalue weighted by Gasteiger charge is 2.02. The minimum Gasteiger partial charge on any atom is -0.380 e. The monoisotopic (exact) mass is 328 g/mol. The van der Waals surface area contributed by atoms with Crippen molar-refractivity contribution in [1.82, 2.24) is 9.78 Å². The third-order valence-corrected chi connectivity index (χ3v) is 3.17. The number of aromatic nitrogens is 2. The van der Waals surface area contributed by atoms with Crippen molar-refractivity contribution in [2.75, 3.05) is 13.2 Å². The Morgan fingerprint density at radius 3 is 2.93 bits per heavy atom. The summed E-state index contributed by atoms with van der Waals surface area (Å²) in [5.74, 6) is 0. The van der Waals surface area contributed by atoms with Crippen molar-refractivity contribution in [3.63, 3.8) is 0 Å². The smallest absolute Gasteiger partial charge is 0.141 e. The Labute approximate surface area is 103 Å². The number of unbranched alkanes of at least 4 members (excludes halogenated alkanes) is 1. The van der Waals surface area contributed by atoms with E-state index in [-0.39, 0.29) is 0 Å². The van der Waals surface area contributed by atoms with E-state index in [0.29, 0.717) is 11.6 Å². The first-order chi connectivity index (χ1) is 6.74. The van der Waals surface area contributed by atoms with Gasteiger partial charge < -0.3 is 4.74 Å². The zero-order valence-corrected chi connectivity index (χ0v) is 11.1. The molecule has 0 aliphatic rings. The molecular weight excluding hydrogens is 314 g/mol. The fraction of sp³-hybridized carbons (Fsp3) is 0.667. The van der Waals surface area contributed by atoms with E-state index in [2.05, 4.69) is 34.6 Å². The molecule has 0 aromatic carbocycles. The van der Waals surface area contributed by atoms with E-state index in [1.165, 1.54) is 6.42 Å². The Morgan fingerprint density at radius 2 is 2.36 bits per heavy atom. The molecule has 0 aliphatic carbocycles. The molecule has 0 aliphatic heterocycles. The normalized spacial score (nSPS) is 10.8. The Morgan fingerprint density at radius 1 is 1.57 bits per heavy atom. The molecular formula is C9H14ClIN2O. The number of hydrogen-bond donors (Lipinski definition) is 0. The lowest BCUT2D eigenvalue weighted by Crippen LogP contribution is -2.07. The molecule has 1 rings (SSSR count). The van der Waals surface area contributed by atoms with E-state index >= 15 is 0 Å². The highest BCUT2D eigenvalue weighted by molar-refractivity contribution is 14.1. The molecule has 0 unspecified atom stereocenters. The van der Waals surface area contributed by atoms with Crippen LogP contribution in [0.4, 0.5) is 0 Å². The summed E-state index contributed by atoms with van der Waals surface area (Å²) in [6, 6.07) is 0. The van der Waals surface area contributed by atoms with Crippen molar-refractivity contribution in [3.05, 3.63) is 14.9 Å². The predicted octanol–water partition coefficient (Wildman–Crippen LogP) is 2.96. The van der Waals surface area contributed by atoms with Crippen LogP contribution < -0.4 is 0 Å². The summed E-state index contributed by atoms with van der Waals surface area (Å²) < 4.78 is 8.08. The summed E-state index contributed by atoms with van der Waals surface area (Å²) in [5.41, 5.74) is 0. The van der Waals surface area contributed by atoms with Crippen LogP contribution in [0.3, 0.4) is 0 Å². The average molecular weight is 329 g/mol. The van der Waals surface area contributed by atoms with Crippen LogP contribution in [0, 0.1) is 3.70 Å². The lowest BCUT2D eigenvalue weighted by Gasteiger charge is -2.02. The van der Waals surface area contributed by atoms with Crippen molar-refractivity contribution in [1.29, 1.82) is 0 Å². The summed E-state index contributed by atoms with van der Waals surface area (Å²) in [5, 5.41) is 4.93. The van der Waals surface area contributed by atoms with Crippen LogP contribution in [0.15, 0.2) is 6.20 Å². The van der Waals surface area contributed by atoms with Gasteiger partial charge >= 0.3 is 0 Å². The standard InChI is InChI=1S/C9H14ClIN2O/c1-2-3-5-14-6-4-13-7-8(10)9(11)12-13/h7H,2-6H2,1H3. The summed E-state index contributed by atoms with van der Waals surface area (Å²) >= 11 is 7.98. The number of halogens is 2. The molecule has 0 saturated carbocycles. The lowest BCUT2D eigenvalue weighted by molar-refractivity contribution is 0.121. The fourth-order valence-electron chi connectivity index (χ4n) is 0.995. The second kappa shape index (κ2) is 6.63. The van der Waals surface area contributed by atoms with Gasteiger partial charge in [0.05, 0.1) is 18.2 Å². The third-order valence-electron chi connectivity index (χ3n) is 1.78. The molecule has 0 bridgehead atoms. The minimum atomic E-state index is 0.702. The van der Waals surface area contributed by atoms with Crippen LogP contribution in [0.5, 0.6) is 0 Å². The van der Waals surface area contributed by atoms with Crippen molar-refractivity contribution in [2.24, 2.45) is 0 Å². The summed E-state index contributed by atoms with van der Waals surface area (Å²) in [6.45, 7) is 4.46. The van der Waals surface area contributed by atoms with Gasteiger partial charge in [0.1, 0.15) is 3.70 Å². The van der Waals surface area contributed by atoms with Gasteiger partial charge in [-0.15, -0.1) is 0 Å². The first-order valence-corrected chi connectivity index (χ1v) is 6.16. The maximum absolute atomic E-state index is 5.86. The van der Waals surface area contributed by atoms with E-state index in [0.717, 1.165) is 23.3 Å². The fourth-order valence-corrected chi connectivity index (χ4v) is 1.56. The average Bonchev–Trinajstić information content (AvgIpc) is 2.46. The van der Waals surface area contributed by atoms with Crippen LogP contribution >= 0.6 is 34.2 Å². The van der Waals surface area contributed by atoms with Crippen LogP contribution in [-0.2, 0) is 11.3 Å². The molecule has 80 valence electrons. The molecule has 14 heavy (non-hydrogen) atoms. The summed E-state index contributed by atoms with van der Waals surface area (Å²) in [7, 11) is 0. The number of ether oxygens (including phenoxy) is 1. The van der Waals surface area contributed by atoms with Crippen molar-refractivity contribution in [3.8, 4) is 0 Å². The van der Waals surface area contributed by atoms with E-state index in [1.807, 2.05) is 10.9 Å². The van der Waals surface area contributed by atoms with E-state index in [9.17, 15) is 0 Å². The first kappa shape index (κ1) is 12.3. The minimum absolute atomic E-state index is 0.702. The highest BCUT2D eigenvalue weighted by atomic mass is 127. The molecule has 5 heteroatoms. The van der Waals surface area contributed by atoms with Gasteiger partial charge in [-0.25, -0.2) is 0 Å². The first-order valence-electron chi connectivity index (χ1n) is 4.70. The van der Waals surface area contributed by atoms with Crippen molar-refractivity contribution in [2.45, 2.75) is 26.3 Å². The third kappa shape index (κ3) is 4.14. The maximum atomic E-state index is 5.86. The van der Waals surface area contributed by atoms with Crippen LogP contribution in [-0.4, -0.2) is 23.0 Å². The van der Waals surface area contributed by atoms with Gasteiger partial charge in [-0.1, -0.05) is 24.9 Å². The van der Waals surface area contributed by atoms with Gasteiger partial charge in [-0.3, -0.25) is 4.68 Å². The van der Waals surface area contributed by atoms with E-state index < -0.39 is 0 Å². The Kier molecular flexibility index (Phi) is 5.81. The molecule has 0 amide bonds. The van der Waals surface area contributed by atoms with Crippen molar-refractivity contribution >= 4 is 34.2 Å². The van der Waals surface area contributed by atoms with Crippen LogP contribution in [0.25, 0.3) is 0 Å². The quantitative estimate of drug-likeness (QED) is 0.593. The van der Waals surface area contributed by atoms with Crippen LogP contribution in [0.2, 0.25) is 5.02 Å². The van der Waals surface area contributed by atoms with Gasteiger partial charge in [-0.2, -0.15) is 5.10 Å².